The van der Waals surface area contributed by atoms with Crippen molar-refractivity contribution in [3.8, 4) is 0 Å². The molecule has 2 atom stereocenters. The predicted molar refractivity (Wildman–Crippen MR) is 59.8 cm³/mol. The molecular weight excluding hydrogens is 212 g/mol. The molecule has 1 aromatic heterocycles. The Morgan fingerprint density at radius 2 is 2.33 bits per heavy atom. The Bertz CT molecular complexity index is 325. The minimum atomic E-state index is 0.287. The van der Waals surface area contributed by atoms with Crippen LogP contribution in [0.25, 0.3) is 0 Å². The highest BCUT2D eigenvalue weighted by Gasteiger charge is 2.24. The minimum absolute atomic E-state index is 0.287. The van der Waals surface area contributed by atoms with E-state index < -0.39 is 0 Å². The summed E-state index contributed by atoms with van der Waals surface area (Å²) in [4.78, 5) is 6.62. The summed E-state index contributed by atoms with van der Waals surface area (Å²) in [6.45, 7) is 4.05. The van der Waals surface area contributed by atoms with E-state index in [-0.39, 0.29) is 5.38 Å². The molecule has 0 amide bonds. The van der Waals surface area contributed by atoms with Crippen molar-refractivity contribution >= 4 is 11.6 Å². The molecule has 1 saturated heterocycles. The monoisotopic (exact) mass is 228 g/mol. The first kappa shape index (κ1) is 10.9. The lowest BCUT2D eigenvalue weighted by Gasteiger charge is -2.35. The van der Waals surface area contributed by atoms with Crippen LogP contribution in [-0.4, -0.2) is 37.6 Å². The molecule has 5 heteroatoms. The van der Waals surface area contributed by atoms with Crippen LogP contribution in [0.1, 0.15) is 25.6 Å². The first-order valence-electron chi connectivity index (χ1n) is 5.38. The van der Waals surface area contributed by atoms with Crippen molar-refractivity contribution in [1.82, 2.24) is 19.7 Å². The van der Waals surface area contributed by atoms with E-state index >= 15 is 0 Å². The fourth-order valence-corrected chi connectivity index (χ4v) is 2.30. The topological polar surface area (TPSA) is 34.0 Å². The van der Waals surface area contributed by atoms with E-state index in [2.05, 4.69) is 21.9 Å². The van der Waals surface area contributed by atoms with E-state index in [9.17, 15) is 0 Å². The molecule has 4 nitrogen and oxygen atoms in total. The molecule has 1 aromatic rings. The average Bonchev–Trinajstić information content (AvgIpc) is 2.58. The van der Waals surface area contributed by atoms with Crippen LogP contribution >= 0.6 is 11.6 Å². The maximum Gasteiger partial charge on any atom is 0.140 e. The van der Waals surface area contributed by atoms with Gasteiger partial charge in [0, 0.05) is 25.0 Å². The highest BCUT2D eigenvalue weighted by Crippen LogP contribution is 2.21. The van der Waals surface area contributed by atoms with Gasteiger partial charge >= 0.3 is 0 Å². The molecule has 0 spiro atoms. The second-order valence-corrected chi connectivity index (χ2v) is 4.87. The van der Waals surface area contributed by atoms with Crippen LogP contribution in [-0.2, 0) is 13.6 Å². The van der Waals surface area contributed by atoms with Gasteiger partial charge < -0.3 is 0 Å². The number of rotatable bonds is 2. The van der Waals surface area contributed by atoms with Gasteiger partial charge in [-0.1, -0.05) is 0 Å². The summed E-state index contributed by atoms with van der Waals surface area (Å²) in [5.74, 6) is 1.01. The van der Waals surface area contributed by atoms with Crippen LogP contribution in [0, 0.1) is 0 Å². The van der Waals surface area contributed by atoms with Crippen LogP contribution in [0.4, 0.5) is 0 Å². The molecule has 84 valence electrons. The molecule has 15 heavy (non-hydrogen) atoms. The molecular formula is C10H17ClN4. The number of nitrogens with zero attached hydrogens (tertiary/aromatic N) is 4. The van der Waals surface area contributed by atoms with Gasteiger partial charge in [-0.3, -0.25) is 9.58 Å². The Kier molecular flexibility index (Phi) is 3.26. The number of hydrogen-bond donors (Lipinski definition) is 0. The summed E-state index contributed by atoms with van der Waals surface area (Å²) in [5.41, 5.74) is 0. The minimum Gasteiger partial charge on any atom is -0.292 e. The first-order valence-corrected chi connectivity index (χ1v) is 5.81. The summed E-state index contributed by atoms with van der Waals surface area (Å²) in [7, 11) is 1.93. The molecule has 0 radical (unpaired) electrons. The number of hydrogen-bond acceptors (Lipinski definition) is 3. The molecule has 0 aromatic carbocycles. The number of alkyl halides is 1. The van der Waals surface area contributed by atoms with Crippen molar-refractivity contribution < 1.29 is 0 Å². The molecule has 0 bridgehead atoms. The van der Waals surface area contributed by atoms with Gasteiger partial charge in [0.05, 0.1) is 6.54 Å². The van der Waals surface area contributed by atoms with E-state index in [0.717, 1.165) is 25.3 Å². The lowest BCUT2D eigenvalue weighted by atomic mass is 10.0. The number of aryl methyl sites for hydroxylation is 1. The van der Waals surface area contributed by atoms with E-state index in [1.165, 1.54) is 6.42 Å². The fraction of sp³-hybridized carbons (Fsp3) is 0.800. The maximum absolute atomic E-state index is 6.17. The molecule has 1 aliphatic heterocycles. The van der Waals surface area contributed by atoms with Gasteiger partial charge in [-0.15, -0.1) is 11.6 Å². The average molecular weight is 229 g/mol. The van der Waals surface area contributed by atoms with E-state index in [1.54, 1.807) is 6.33 Å². The van der Waals surface area contributed by atoms with E-state index in [4.69, 9.17) is 11.6 Å². The van der Waals surface area contributed by atoms with Crippen molar-refractivity contribution in [2.45, 2.75) is 37.7 Å². The maximum atomic E-state index is 6.17. The summed E-state index contributed by atoms with van der Waals surface area (Å²) >= 11 is 6.17. The Labute approximate surface area is 95.2 Å². The highest BCUT2D eigenvalue weighted by molar-refractivity contribution is 6.20. The van der Waals surface area contributed by atoms with Gasteiger partial charge in [0.2, 0.25) is 0 Å². The van der Waals surface area contributed by atoms with Crippen LogP contribution in [0.3, 0.4) is 0 Å². The Morgan fingerprint density at radius 1 is 1.53 bits per heavy atom. The summed E-state index contributed by atoms with van der Waals surface area (Å²) in [5, 5.41) is 4.36. The molecule has 0 aliphatic carbocycles. The molecule has 0 N–H and O–H groups in total. The molecule has 2 unspecified atom stereocenters. The van der Waals surface area contributed by atoms with Crippen LogP contribution in [0.5, 0.6) is 0 Å². The van der Waals surface area contributed by atoms with Gasteiger partial charge in [0.1, 0.15) is 12.2 Å². The van der Waals surface area contributed by atoms with Gasteiger partial charge in [-0.25, -0.2) is 4.98 Å². The highest BCUT2D eigenvalue weighted by atomic mass is 35.5. The van der Waals surface area contributed by atoms with Crippen molar-refractivity contribution in [3.63, 3.8) is 0 Å². The van der Waals surface area contributed by atoms with E-state index in [0.29, 0.717) is 6.04 Å². The van der Waals surface area contributed by atoms with Gasteiger partial charge in [0.15, 0.2) is 0 Å². The molecule has 2 heterocycles. The van der Waals surface area contributed by atoms with Crippen LogP contribution in [0.15, 0.2) is 6.33 Å². The van der Waals surface area contributed by atoms with Crippen molar-refractivity contribution in [1.29, 1.82) is 0 Å². The SMILES string of the molecule is CC1CCC(Cl)CN1Cc1ncnn1C. The molecule has 1 aliphatic rings. The smallest absolute Gasteiger partial charge is 0.140 e. The normalized spacial score (nSPS) is 28.2. The second kappa shape index (κ2) is 4.49. The summed E-state index contributed by atoms with van der Waals surface area (Å²) in [6, 6.07) is 0.594. The standard InChI is InChI=1S/C10H17ClN4/c1-8-3-4-9(11)5-15(8)6-10-12-7-13-14(10)2/h7-9H,3-6H2,1-2H3. The lowest BCUT2D eigenvalue weighted by molar-refractivity contribution is 0.150. The Balaban J connectivity index is 2.01. The number of aromatic nitrogens is 3. The third-order valence-corrected chi connectivity index (χ3v) is 3.46. The Hall–Kier alpha value is -0.610. The first-order chi connectivity index (χ1) is 7.16. The van der Waals surface area contributed by atoms with Crippen molar-refractivity contribution in [3.05, 3.63) is 12.2 Å². The van der Waals surface area contributed by atoms with Crippen LogP contribution < -0.4 is 0 Å². The second-order valence-electron chi connectivity index (χ2n) is 4.25. The number of halogens is 1. The largest absolute Gasteiger partial charge is 0.292 e. The predicted octanol–water partition coefficient (Wildman–Crippen LogP) is 1.41. The summed E-state index contributed by atoms with van der Waals surface area (Å²) < 4.78 is 1.82. The number of likely N-dealkylation sites (tertiary alicyclic amines) is 1. The van der Waals surface area contributed by atoms with Crippen molar-refractivity contribution in [2.75, 3.05) is 6.54 Å². The third-order valence-electron chi connectivity index (χ3n) is 3.10. The van der Waals surface area contributed by atoms with Gasteiger partial charge in [-0.05, 0) is 19.8 Å². The molecule has 1 fully saturated rings. The zero-order valence-electron chi connectivity index (χ0n) is 9.23. The zero-order chi connectivity index (χ0) is 10.8. The summed E-state index contributed by atoms with van der Waals surface area (Å²) in [6.07, 6.45) is 3.90. The number of piperidine rings is 1. The van der Waals surface area contributed by atoms with Crippen molar-refractivity contribution in [2.24, 2.45) is 7.05 Å². The Morgan fingerprint density at radius 3 is 3.00 bits per heavy atom. The third kappa shape index (κ3) is 2.49. The quantitative estimate of drug-likeness (QED) is 0.718. The van der Waals surface area contributed by atoms with Crippen LogP contribution in [0.2, 0.25) is 0 Å². The van der Waals surface area contributed by atoms with E-state index in [1.807, 2.05) is 11.7 Å². The lowest BCUT2D eigenvalue weighted by Crippen LogP contribution is -2.42. The fourth-order valence-electron chi connectivity index (χ4n) is 2.00. The van der Waals surface area contributed by atoms with Gasteiger partial charge in [-0.2, -0.15) is 5.10 Å². The zero-order valence-corrected chi connectivity index (χ0v) is 9.98. The molecule has 2 rings (SSSR count). The van der Waals surface area contributed by atoms with Gasteiger partial charge in [0.25, 0.3) is 0 Å². The molecule has 0 saturated carbocycles.